The third kappa shape index (κ3) is 5.89. The van der Waals surface area contributed by atoms with Crippen LogP contribution in [0.5, 0.6) is 0 Å². The van der Waals surface area contributed by atoms with Gasteiger partial charge >= 0.3 is 0 Å². The molecular weight excluding hydrogens is 194 g/mol. The Morgan fingerprint density at radius 3 is 2.50 bits per heavy atom. The van der Waals surface area contributed by atoms with Gasteiger partial charge in [0.25, 0.3) is 0 Å². The Morgan fingerprint density at radius 2 is 1.93 bits per heavy atom. The zero-order valence-corrected chi connectivity index (χ0v) is 10.5. The first-order chi connectivity index (χ1) is 6.58. The molecule has 0 amide bonds. The van der Waals surface area contributed by atoms with Crippen LogP contribution in [0.3, 0.4) is 0 Å². The lowest BCUT2D eigenvalue weighted by molar-refractivity contribution is -0.00169. The van der Waals surface area contributed by atoms with Gasteiger partial charge in [0.05, 0.1) is 12.2 Å². The van der Waals surface area contributed by atoms with Gasteiger partial charge in [-0.15, -0.1) is 0 Å². The number of rotatable bonds is 4. The van der Waals surface area contributed by atoms with E-state index in [2.05, 4.69) is 37.8 Å². The maximum atomic E-state index is 5.65. The molecular formula is C11H23NOS. The molecule has 0 aromatic carbocycles. The van der Waals surface area contributed by atoms with E-state index in [0.29, 0.717) is 0 Å². The van der Waals surface area contributed by atoms with E-state index in [1.54, 1.807) is 0 Å². The van der Waals surface area contributed by atoms with Crippen LogP contribution in [0.4, 0.5) is 0 Å². The Bertz CT molecular complexity index is 150. The quantitative estimate of drug-likeness (QED) is 0.730. The number of hydrogen-bond acceptors (Lipinski definition) is 3. The van der Waals surface area contributed by atoms with Gasteiger partial charge in [-0.1, -0.05) is 0 Å². The zero-order valence-electron chi connectivity index (χ0n) is 9.64. The summed E-state index contributed by atoms with van der Waals surface area (Å²) >= 11 is 2.07. The number of nitrogens with one attached hydrogen (secondary N) is 1. The summed E-state index contributed by atoms with van der Waals surface area (Å²) in [5, 5.41) is 3.56. The maximum Gasteiger partial charge on any atom is 0.0599 e. The van der Waals surface area contributed by atoms with E-state index in [1.165, 1.54) is 24.3 Å². The second-order valence-electron chi connectivity index (χ2n) is 4.80. The Hall–Kier alpha value is 0.270. The van der Waals surface area contributed by atoms with E-state index in [-0.39, 0.29) is 5.60 Å². The summed E-state index contributed by atoms with van der Waals surface area (Å²) < 4.78 is 5.65. The first-order valence-corrected chi connectivity index (χ1v) is 6.68. The highest BCUT2D eigenvalue weighted by atomic mass is 32.2. The molecule has 1 N–H and O–H groups in total. The molecule has 14 heavy (non-hydrogen) atoms. The molecule has 0 radical (unpaired) electrons. The minimum atomic E-state index is 0.00406. The maximum absolute atomic E-state index is 5.65. The van der Waals surface area contributed by atoms with Gasteiger partial charge in [-0.3, -0.25) is 0 Å². The van der Waals surface area contributed by atoms with Gasteiger partial charge in [-0.05, 0) is 45.1 Å². The normalized spacial score (nSPS) is 19.9. The standard InChI is InChI=1S/C11H23NOS/c1-11(2,3)13-7-6-12-10-4-8-14-9-5-10/h10,12H,4-9H2,1-3H3. The van der Waals surface area contributed by atoms with Crippen molar-refractivity contribution in [2.24, 2.45) is 0 Å². The van der Waals surface area contributed by atoms with Crippen LogP contribution in [0.25, 0.3) is 0 Å². The van der Waals surface area contributed by atoms with Crippen molar-refractivity contribution in [2.45, 2.75) is 45.3 Å². The molecule has 0 bridgehead atoms. The van der Waals surface area contributed by atoms with E-state index in [9.17, 15) is 0 Å². The van der Waals surface area contributed by atoms with Crippen LogP contribution in [0.15, 0.2) is 0 Å². The highest BCUT2D eigenvalue weighted by molar-refractivity contribution is 7.99. The molecule has 0 spiro atoms. The van der Waals surface area contributed by atoms with E-state index in [4.69, 9.17) is 4.74 Å². The third-order valence-electron chi connectivity index (χ3n) is 2.29. The molecule has 2 nitrogen and oxygen atoms in total. The second-order valence-corrected chi connectivity index (χ2v) is 6.03. The summed E-state index contributed by atoms with van der Waals surface area (Å²) in [5.74, 6) is 2.63. The molecule has 1 heterocycles. The van der Waals surface area contributed by atoms with Crippen LogP contribution < -0.4 is 5.32 Å². The van der Waals surface area contributed by atoms with Crippen molar-refractivity contribution in [1.82, 2.24) is 5.32 Å². The minimum absolute atomic E-state index is 0.00406. The fraction of sp³-hybridized carbons (Fsp3) is 1.00. The van der Waals surface area contributed by atoms with Gasteiger partial charge in [0.15, 0.2) is 0 Å². The van der Waals surface area contributed by atoms with Crippen molar-refractivity contribution >= 4 is 11.8 Å². The number of hydrogen-bond donors (Lipinski definition) is 1. The summed E-state index contributed by atoms with van der Waals surface area (Å²) in [4.78, 5) is 0. The summed E-state index contributed by atoms with van der Waals surface area (Å²) in [7, 11) is 0. The number of thioether (sulfide) groups is 1. The fourth-order valence-electron chi connectivity index (χ4n) is 1.52. The van der Waals surface area contributed by atoms with Gasteiger partial charge < -0.3 is 10.1 Å². The highest BCUT2D eigenvalue weighted by Crippen LogP contribution is 2.16. The molecule has 1 rings (SSSR count). The predicted molar refractivity (Wildman–Crippen MR) is 64.1 cm³/mol. The van der Waals surface area contributed by atoms with Crippen molar-refractivity contribution in [1.29, 1.82) is 0 Å². The zero-order chi connectivity index (χ0) is 10.4. The first-order valence-electron chi connectivity index (χ1n) is 5.53. The van der Waals surface area contributed by atoms with E-state index in [0.717, 1.165) is 19.2 Å². The molecule has 1 aliphatic heterocycles. The molecule has 0 atom stereocenters. The Morgan fingerprint density at radius 1 is 1.29 bits per heavy atom. The SMILES string of the molecule is CC(C)(C)OCCNC1CCSCC1. The van der Waals surface area contributed by atoms with Crippen molar-refractivity contribution < 1.29 is 4.74 Å². The molecule has 0 unspecified atom stereocenters. The van der Waals surface area contributed by atoms with Gasteiger partial charge in [-0.2, -0.15) is 11.8 Å². The smallest absolute Gasteiger partial charge is 0.0599 e. The second kappa shape index (κ2) is 5.99. The highest BCUT2D eigenvalue weighted by Gasteiger charge is 2.13. The molecule has 0 aromatic rings. The van der Waals surface area contributed by atoms with Gasteiger partial charge in [0.2, 0.25) is 0 Å². The van der Waals surface area contributed by atoms with Crippen LogP contribution in [-0.2, 0) is 4.74 Å². The van der Waals surface area contributed by atoms with E-state index >= 15 is 0 Å². The van der Waals surface area contributed by atoms with Crippen LogP contribution in [0.2, 0.25) is 0 Å². The van der Waals surface area contributed by atoms with Crippen molar-refractivity contribution in [3.05, 3.63) is 0 Å². The molecule has 1 aliphatic rings. The van der Waals surface area contributed by atoms with Crippen molar-refractivity contribution in [3.8, 4) is 0 Å². The van der Waals surface area contributed by atoms with E-state index in [1.807, 2.05) is 0 Å². The summed E-state index contributed by atoms with van der Waals surface area (Å²) in [6, 6.07) is 0.736. The Kier molecular flexibility index (Phi) is 5.28. The monoisotopic (exact) mass is 217 g/mol. The van der Waals surface area contributed by atoms with Gasteiger partial charge in [0.1, 0.15) is 0 Å². The lowest BCUT2D eigenvalue weighted by atomic mass is 10.1. The Labute approximate surface area is 92.2 Å². The molecule has 1 fully saturated rings. The van der Waals surface area contributed by atoms with Crippen molar-refractivity contribution in [2.75, 3.05) is 24.7 Å². The molecule has 1 saturated heterocycles. The fourth-order valence-corrected chi connectivity index (χ4v) is 2.63. The average Bonchev–Trinajstić information content (AvgIpc) is 2.13. The third-order valence-corrected chi connectivity index (χ3v) is 3.34. The van der Waals surface area contributed by atoms with Gasteiger partial charge in [-0.25, -0.2) is 0 Å². The summed E-state index contributed by atoms with van der Waals surface area (Å²) in [6.45, 7) is 8.12. The lowest BCUT2D eigenvalue weighted by Crippen LogP contribution is -2.36. The minimum Gasteiger partial charge on any atom is -0.375 e. The summed E-state index contributed by atoms with van der Waals surface area (Å²) in [5.41, 5.74) is 0.00406. The predicted octanol–water partition coefficient (Wildman–Crippen LogP) is 2.29. The summed E-state index contributed by atoms with van der Waals surface area (Å²) in [6.07, 6.45) is 2.64. The molecule has 3 heteroatoms. The number of ether oxygens (including phenoxy) is 1. The molecule has 84 valence electrons. The van der Waals surface area contributed by atoms with Crippen LogP contribution in [0.1, 0.15) is 33.6 Å². The van der Waals surface area contributed by atoms with E-state index < -0.39 is 0 Å². The van der Waals surface area contributed by atoms with Crippen LogP contribution in [-0.4, -0.2) is 36.3 Å². The molecule has 0 aromatic heterocycles. The molecule has 0 aliphatic carbocycles. The molecule has 0 saturated carbocycles. The Balaban J connectivity index is 1.97. The van der Waals surface area contributed by atoms with Gasteiger partial charge in [0, 0.05) is 12.6 Å². The topological polar surface area (TPSA) is 21.3 Å². The lowest BCUT2D eigenvalue weighted by Gasteiger charge is -2.24. The van der Waals surface area contributed by atoms with Crippen LogP contribution >= 0.6 is 11.8 Å². The average molecular weight is 217 g/mol. The van der Waals surface area contributed by atoms with Crippen molar-refractivity contribution in [3.63, 3.8) is 0 Å². The van der Waals surface area contributed by atoms with Crippen LogP contribution in [0, 0.1) is 0 Å². The largest absolute Gasteiger partial charge is 0.375 e. The first kappa shape index (κ1) is 12.3.